The minimum Gasteiger partial charge on any atom is -0.378 e. The number of nitrogens with one attached hydrogen (secondary N) is 1. The van der Waals surface area contributed by atoms with E-state index in [-0.39, 0.29) is 23.4 Å². The zero-order chi connectivity index (χ0) is 15.4. The molecule has 1 saturated carbocycles. The van der Waals surface area contributed by atoms with Crippen LogP contribution in [0, 0.1) is 16.0 Å². The normalized spacial score (nSPS) is 24.2. The third kappa shape index (κ3) is 2.28. The lowest BCUT2D eigenvalue weighted by Crippen LogP contribution is -2.51. The van der Waals surface area contributed by atoms with Crippen molar-refractivity contribution in [1.82, 2.24) is 9.55 Å². The van der Waals surface area contributed by atoms with E-state index in [0.29, 0.717) is 15.9 Å². The number of halogens is 2. The fourth-order valence-electron chi connectivity index (χ4n) is 3.22. The standard InChI is InChI=1S/C15H18BrFN2OS/c1-4-20-13-7-12(15(13,2)3)19-11-6-9(17)8(16)5-10(11)18-14(19)21/h5-6,12-13H,4,7H2,1-3H3,(H,18,21). The van der Waals surface area contributed by atoms with Gasteiger partial charge in [-0.1, -0.05) is 13.8 Å². The van der Waals surface area contributed by atoms with E-state index in [9.17, 15) is 4.39 Å². The second-order valence-electron chi connectivity index (χ2n) is 6.10. The van der Waals surface area contributed by atoms with Crippen LogP contribution in [-0.4, -0.2) is 22.3 Å². The fraction of sp³-hybridized carbons (Fsp3) is 0.533. The smallest absolute Gasteiger partial charge is 0.178 e. The molecule has 0 spiro atoms. The van der Waals surface area contributed by atoms with E-state index < -0.39 is 0 Å². The molecule has 3 rings (SSSR count). The number of rotatable bonds is 3. The Balaban J connectivity index is 2.08. The Morgan fingerprint density at radius 3 is 2.86 bits per heavy atom. The van der Waals surface area contributed by atoms with Gasteiger partial charge >= 0.3 is 0 Å². The molecule has 1 heterocycles. The lowest BCUT2D eigenvalue weighted by molar-refractivity contribution is -0.127. The average Bonchev–Trinajstić information content (AvgIpc) is 2.70. The predicted molar refractivity (Wildman–Crippen MR) is 87.6 cm³/mol. The van der Waals surface area contributed by atoms with E-state index in [2.05, 4.69) is 34.8 Å². The number of hydrogen-bond donors (Lipinski definition) is 1. The zero-order valence-electron chi connectivity index (χ0n) is 12.2. The Morgan fingerprint density at radius 1 is 1.52 bits per heavy atom. The van der Waals surface area contributed by atoms with Crippen molar-refractivity contribution in [2.45, 2.75) is 39.3 Å². The summed E-state index contributed by atoms with van der Waals surface area (Å²) < 4.78 is 22.8. The molecule has 0 bridgehead atoms. The lowest BCUT2D eigenvalue weighted by atomic mass is 9.64. The minimum atomic E-state index is -0.274. The molecule has 0 amide bonds. The van der Waals surface area contributed by atoms with E-state index in [4.69, 9.17) is 17.0 Å². The van der Waals surface area contributed by atoms with Crippen molar-refractivity contribution in [2.75, 3.05) is 6.61 Å². The second-order valence-corrected chi connectivity index (χ2v) is 7.34. The van der Waals surface area contributed by atoms with Crippen LogP contribution in [0.4, 0.5) is 4.39 Å². The molecule has 1 aliphatic carbocycles. The maximum absolute atomic E-state index is 13.9. The molecule has 1 aromatic heterocycles. The molecule has 0 saturated heterocycles. The molecule has 2 unspecified atom stereocenters. The van der Waals surface area contributed by atoms with Gasteiger partial charge in [0.25, 0.3) is 0 Å². The first kappa shape index (κ1) is 15.2. The molecule has 1 aromatic carbocycles. The van der Waals surface area contributed by atoms with Crippen LogP contribution in [0.25, 0.3) is 11.0 Å². The van der Waals surface area contributed by atoms with E-state index >= 15 is 0 Å². The number of ether oxygens (including phenoxy) is 1. The SMILES string of the molecule is CCOC1CC(n2c(=S)[nH]c3cc(Br)c(F)cc32)C1(C)C. The molecule has 21 heavy (non-hydrogen) atoms. The summed E-state index contributed by atoms with van der Waals surface area (Å²) in [6, 6.07) is 3.49. The van der Waals surface area contributed by atoms with Crippen LogP contribution >= 0.6 is 28.1 Å². The van der Waals surface area contributed by atoms with Crippen molar-refractivity contribution in [2.24, 2.45) is 5.41 Å². The van der Waals surface area contributed by atoms with E-state index in [1.807, 2.05) is 11.5 Å². The Labute approximate surface area is 136 Å². The molecule has 114 valence electrons. The molecule has 1 fully saturated rings. The molecular formula is C15H18BrFN2OS. The van der Waals surface area contributed by atoms with Gasteiger partial charge in [-0.2, -0.15) is 0 Å². The maximum atomic E-state index is 13.9. The molecule has 6 heteroatoms. The number of aromatic amines is 1. The summed E-state index contributed by atoms with van der Waals surface area (Å²) >= 11 is 8.66. The third-order valence-corrected chi connectivity index (χ3v) is 5.47. The first-order valence-electron chi connectivity index (χ1n) is 7.07. The average molecular weight is 373 g/mol. The van der Waals surface area contributed by atoms with Gasteiger partial charge in [0, 0.05) is 24.1 Å². The summed E-state index contributed by atoms with van der Waals surface area (Å²) in [5.41, 5.74) is 1.64. The number of imidazole rings is 1. The highest BCUT2D eigenvalue weighted by molar-refractivity contribution is 9.10. The van der Waals surface area contributed by atoms with E-state index in [1.54, 1.807) is 6.07 Å². The van der Waals surface area contributed by atoms with E-state index in [1.165, 1.54) is 6.07 Å². The minimum absolute atomic E-state index is 0.0209. The monoisotopic (exact) mass is 372 g/mol. The Bertz CT molecular complexity index is 752. The van der Waals surface area contributed by atoms with Crippen LogP contribution in [0.5, 0.6) is 0 Å². The summed E-state index contributed by atoms with van der Waals surface area (Å²) in [5, 5.41) is 0. The van der Waals surface area contributed by atoms with Crippen molar-refractivity contribution in [1.29, 1.82) is 0 Å². The van der Waals surface area contributed by atoms with Gasteiger partial charge in [-0.25, -0.2) is 4.39 Å². The van der Waals surface area contributed by atoms with Crippen molar-refractivity contribution in [3.05, 3.63) is 27.2 Å². The van der Waals surface area contributed by atoms with Crippen LogP contribution < -0.4 is 0 Å². The number of fused-ring (bicyclic) bond motifs is 1. The molecular weight excluding hydrogens is 355 g/mol. The number of nitrogens with zero attached hydrogens (tertiary/aromatic N) is 1. The summed E-state index contributed by atoms with van der Waals surface area (Å²) in [4.78, 5) is 3.17. The van der Waals surface area contributed by atoms with Gasteiger partial charge in [-0.3, -0.25) is 0 Å². The van der Waals surface area contributed by atoms with Gasteiger partial charge in [0.05, 0.1) is 21.6 Å². The van der Waals surface area contributed by atoms with Crippen molar-refractivity contribution < 1.29 is 9.13 Å². The van der Waals surface area contributed by atoms with Gasteiger partial charge in [0.1, 0.15) is 5.82 Å². The molecule has 0 aliphatic heterocycles. The molecule has 3 nitrogen and oxygen atoms in total. The number of benzene rings is 1. The first-order chi connectivity index (χ1) is 9.86. The van der Waals surface area contributed by atoms with Gasteiger partial charge < -0.3 is 14.3 Å². The van der Waals surface area contributed by atoms with Gasteiger partial charge in [0.2, 0.25) is 0 Å². The topological polar surface area (TPSA) is 29.9 Å². The van der Waals surface area contributed by atoms with Crippen LogP contribution in [0.2, 0.25) is 0 Å². The molecule has 1 N–H and O–H groups in total. The van der Waals surface area contributed by atoms with Crippen LogP contribution in [0.1, 0.15) is 33.2 Å². The highest BCUT2D eigenvalue weighted by Crippen LogP contribution is 2.52. The highest BCUT2D eigenvalue weighted by atomic mass is 79.9. The zero-order valence-corrected chi connectivity index (χ0v) is 14.6. The fourth-order valence-corrected chi connectivity index (χ4v) is 3.90. The number of H-pyrrole nitrogens is 1. The summed E-state index contributed by atoms with van der Waals surface area (Å²) in [5.74, 6) is -0.274. The van der Waals surface area contributed by atoms with Crippen molar-refractivity contribution in [3.63, 3.8) is 0 Å². The van der Waals surface area contributed by atoms with Crippen LogP contribution in [0.15, 0.2) is 16.6 Å². The van der Waals surface area contributed by atoms with Crippen LogP contribution in [-0.2, 0) is 4.74 Å². The van der Waals surface area contributed by atoms with E-state index in [0.717, 1.165) is 17.5 Å². The van der Waals surface area contributed by atoms with Gasteiger partial charge in [-0.15, -0.1) is 0 Å². The second kappa shape index (κ2) is 5.18. The van der Waals surface area contributed by atoms with Gasteiger partial charge in [0.15, 0.2) is 4.77 Å². The van der Waals surface area contributed by atoms with Crippen molar-refractivity contribution in [3.8, 4) is 0 Å². The van der Waals surface area contributed by atoms with Crippen LogP contribution in [0.3, 0.4) is 0 Å². The largest absolute Gasteiger partial charge is 0.378 e. The maximum Gasteiger partial charge on any atom is 0.178 e. The Morgan fingerprint density at radius 2 is 2.24 bits per heavy atom. The predicted octanol–water partition coefficient (Wildman–Crippen LogP) is 4.98. The van der Waals surface area contributed by atoms with Gasteiger partial charge in [-0.05, 0) is 47.6 Å². The Kier molecular flexibility index (Phi) is 3.74. The quantitative estimate of drug-likeness (QED) is 0.770. The highest BCUT2D eigenvalue weighted by Gasteiger charge is 2.50. The molecule has 2 aromatic rings. The third-order valence-electron chi connectivity index (χ3n) is 4.56. The molecule has 2 atom stereocenters. The number of hydrogen-bond acceptors (Lipinski definition) is 2. The summed E-state index contributed by atoms with van der Waals surface area (Å²) in [7, 11) is 0. The summed E-state index contributed by atoms with van der Waals surface area (Å²) in [6.07, 6.45) is 1.12. The molecule has 0 radical (unpaired) electrons. The molecule has 1 aliphatic rings. The summed E-state index contributed by atoms with van der Waals surface area (Å²) in [6.45, 7) is 7.07. The Hall–Kier alpha value is -0.720. The van der Waals surface area contributed by atoms with Crippen molar-refractivity contribution >= 4 is 39.2 Å². The number of aromatic nitrogens is 2. The lowest BCUT2D eigenvalue weighted by Gasteiger charge is -2.52. The first-order valence-corrected chi connectivity index (χ1v) is 8.27.